The van der Waals surface area contributed by atoms with Gasteiger partial charge in [-0.05, 0) is 31.6 Å². The van der Waals surface area contributed by atoms with E-state index in [4.69, 9.17) is 0 Å². The van der Waals surface area contributed by atoms with Gasteiger partial charge in [0.1, 0.15) is 6.33 Å². The first kappa shape index (κ1) is 12.2. The van der Waals surface area contributed by atoms with Crippen molar-refractivity contribution in [2.75, 3.05) is 18.5 Å². The fourth-order valence-electron chi connectivity index (χ4n) is 2.43. The lowest BCUT2D eigenvalue weighted by atomic mass is 9.97. The Labute approximate surface area is 100 Å². The van der Waals surface area contributed by atoms with Gasteiger partial charge in [-0.2, -0.15) is 0 Å². The van der Waals surface area contributed by atoms with E-state index >= 15 is 0 Å². The molecule has 1 aromatic rings. The number of aromatic nitrogens is 2. The average Bonchev–Trinajstić information content (AvgIpc) is 2.78. The van der Waals surface area contributed by atoms with Crippen LogP contribution in [0.15, 0.2) is 6.33 Å². The van der Waals surface area contributed by atoms with Gasteiger partial charge in [0.15, 0.2) is 11.6 Å². The summed E-state index contributed by atoms with van der Waals surface area (Å²) in [6.07, 6.45) is 4.65. The lowest BCUT2D eigenvalue weighted by molar-refractivity contribution is 0.199. The van der Waals surface area contributed by atoms with E-state index in [0.29, 0.717) is 24.1 Å². The topological polar surface area (TPSA) is 58.0 Å². The number of halogens is 1. The Hall–Kier alpha value is -1.23. The van der Waals surface area contributed by atoms with Crippen LogP contribution < -0.4 is 5.32 Å². The number of rotatable bonds is 4. The van der Waals surface area contributed by atoms with Gasteiger partial charge in [-0.15, -0.1) is 0 Å². The van der Waals surface area contributed by atoms with Crippen LogP contribution in [0.3, 0.4) is 0 Å². The predicted octanol–water partition coefficient (Wildman–Crippen LogP) is 1.74. The Morgan fingerprint density at radius 2 is 2.18 bits per heavy atom. The molecular weight excluding hydrogens is 221 g/mol. The Morgan fingerprint density at radius 1 is 1.41 bits per heavy atom. The molecule has 1 saturated carbocycles. The summed E-state index contributed by atoms with van der Waals surface area (Å²) in [6, 6.07) is 0. The maximum Gasteiger partial charge on any atom is 0.186 e. The van der Waals surface area contributed by atoms with E-state index < -0.39 is 0 Å². The molecule has 0 radical (unpaired) electrons. The summed E-state index contributed by atoms with van der Waals surface area (Å²) >= 11 is 0. The normalized spacial score (nSPS) is 23.9. The first-order valence-corrected chi connectivity index (χ1v) is 6.04. The number of aliphatic hydroxyl groups excluding tert-OH is 1. The molecule has 1 aliphatic carbocycles. The van der Waals surface area contributed by atoms with Crippen molar-refractivity contribution in [3.05, 3.63) is 17.8 Å². The molecule has 2 N–H and O–H groups in total. The molecule has 0 aromatic carbocycles. The zero-order valence-electron chi connectivity index (χ0n) is 9.99. The lowest BCUT2D eigenvalue weighted by Gasteiger charge is -2.18. The van der Waals surface area contributed by atoms with Gasteiger partial charge in [0, 0.05) is 13.2 Å². The van der Waals surface area contributed by atoms with Crippen molar-refractivity contribution in [1.29, 1.82) is 0 Å². The van der Waals surface area contributed by atoms with Crippen LogP contribution in [0.5, 0.6) is 0 Å². The number of aliphatic hydroxyl groups is 1. The fraction of sp³-hybridized carbons (Fsp3) is 0.667. The third kappa shape index (κ3) is 2.72. The molecule has 2 unspecified atom stereocenters. The van der Waals surface area contributed by atoms with Crippen molar-refractivity contribution < 1.29 is 9.50 Å². The van der Waals surface area contributed by atoms with Crippen LogP contribution in [0.1, 0.15) is 25.0 Å². The number of nitrogens with one attached hydrogen (secondary N) is 1. The highest BCUT2D eigenvalue weighted by molar-refractivity contribution is 5.36. The molecule has 1 fully saturated rings. The van der Waals surface area contributed by atoms with Crippen LogP contribution in [0, 0.1) is 24.6 Å². The second-order valence-electron chi connectivity index (χ2n) is 4.64. The van der Waals surface area contributed by atoms with E-state index in [0.717, 1.165) is 19.3 Å². The third-order valence-corrected chi connectivity index (χ3v) is 3.55. The molecule has 0 spiro atoms. The number of hydrogen-bond acceptors (Lipinski definition) is 4. The second kappa shape index (κ2) is 5.40. The number of hydrogen-bond donors (Lipinski definition) is 2. The highest BCUT2D eigenvalue weighted by Crippen LogP contribution is 2.31. The maximum atomic E-state index is 13.6. The Morgan fingerprint density at radius 3 is 2.94 bits per heavy atom. The van der Waals surface area contributed by atoms with E-state index in [1.807, 2.05) is 0 Å². The first-order valence-electron chi connectivity index (χ1n) is 6.04. The lowest BCUT2D eigenvalue weighted by Crippen LogP contribution is -2.21. The van der Waals surface area contributed by atoms with Crippen molar-refractivity contribution in [3.8, 4) is 0 Å². The summed E-state index contributed by atoms with van der Waals surface area (Å²) in [4.78, 5) is 7.68. The molecule has 94 valence electrons. The fourth-order valence-corrected chi connectivity index (χ4v) is 2.43. The van der Waals surface area contributed by atoms with E-state index in [1.54, 1.807) is 6.92 Å². The van der Waals surface area contributed by atoms with E-state index in [-0.39, 0.29) is 18.2 Å². The smallest absolute Gasteiger partial charge is 0.186 e. The summed E-state index contributed by atoms with van der Waals surface area (Å²) in [5.74, 6) is 0.635. The van der Waals surface area contributed by atoms with Crippen LogP contribution in [-0.2, 0) is 0 Å². The SMILES string of the molecule is Cc1ncnc(NCC2CCCC2CO)c1F. The van der Waals surface area contributed by atoms with Crippen LogP contribution in [0.25, 0.3) is 0 Å². The summed E-state index contributed by atoms with van der Waals surface area (Å²) in [6.45, 7) is 2.50. The van der Waals surface area contributed by atoms with Gasteiger partial charge in [-0.25, -0.2) is 14.4 Å². The Kier molecular flexibility index (Phi) is 3.89. The zero-order valence-corrected chi connectivity index (χ0v) is 9.99. The molecule has 4 nitrogen and oxygen atoms in total. The molecule has 1 heterocycles. The number of anilines is 1. The van der Waals surface area contributed by atoms with Crippen LogP contribution >= 0.6 is 0 Å². The number of nitrogens with zero attached hydrogens (tertiary/aromatic N) is 2. The molecule has 0 amide bonds. The van der Waals surface area contributed by atoms with Crippen molar-refractivity contribution in [2.24, 2.45) is 11.8 Å². The van der Waals surface area contributed by atoms with E-state index in [1.165, 1.54) is 6.33 Å². The third-order valence-electron chi connectivity index (χ3n) is 3.55. The second-order valence-corrected chi connectivity index (χ2v) is 4.64. The zero-order chi connectivity index (χ0) is 12.3. The Bertz CT molecular complexity index is 386. The summed E-state index contributed by atoms with van der Waals surface area (Å²) in [7, 11) is 0. The summed E-state index contributed by atoms with van der Waals surface area (Å²) in [5, 5.41) is 12.2. The summed E-state index contributed by atoms with van der Waals surface area (Å²) < 4.78 is 13.6. The van der Waals surface area contributed by atoms with Gasteiger partial charge in [0.05, 0.1) is 5.69 Å². The minimum Gasteiger partial charge on any atom is -0.396 e. The highest BCUT2D eigenvalue weighted by atomic mass is 19.1. The largest absolute Gasteiger partial charge is 0.396 e. The van der Waals surface area contributed by atoms with Crippen LogP contribution in [0.4, 0.5) is 10.2 Å². The van der Waals surface area contributed by atoms with E-state index in [2.05, 4.69) is 15.3 Å². The van der Waals surface area contributed by atoms with Crippen molar-refractivity contribution in [3.63, 3.8) is 0 Å². The quantitative estimate of drug-likeness (QED) is 0.840. The molecule has 2 rings (SSSR count). The molecule has 1 aromatic heterocycles. The van der Waals surface area contributed by atoms with Gasteiger partial charge in [-0.3, -0.25) is 0 Å². The van der Waals surface area contributed by atoms with Crippen molar-refractivity contribution in [2.45, 2.75) is 26.2 Å². The Balaban J connectivity index is 1.95. The van der Waals surface area contributed by atoms with Gasteiger partial charge >= 0.3 is 0 Å². The van der Waals surface area contributed by atoms with Gasteiger partial charge < -0.3 is 10.4 Å². The van der Waals surface area contributed by atoms with Gasteiger partial charge in [-0.1, -0.05) is 6.42 Å². The first-order chi connectivity index (χ1) is 8.22. The number of aryl methyl sites for hydroxylation is 1. The monoisotopic (exact) mass is 239 g/mol. The van der Waals surface area contributed by atoms with Crippen LogP contribution in [-0.4, -0.2) is 28.2 Å². The predicted molar refractivity (Wildman–Crippen MR) is 63.1 cm³/mol. The van der Waals surface area contributed by atoms with Crippen molar-refractivity contribution >= 4 is 5.82 Å². The molecular formula is C12H18FN3O. The average molecular weight is 239 g/mol. The molecule has 17 heavy (non-hydrogen) atoms. The molecule has 0 aliphatic heterocycles. The molecule has 0 saturated heterocycles. The van der Waals surface area contributed by atoms with Crippen molar-refractivity contribution in [1.82, 2.24) is 9.97 Å². The van der Waals surface area contributed by atoms with Gasteiger partial charge in [0.25, 0.3) is 0 Å². The van der Waals surface area contributed by atoms with Gasteiger partial charge in [0.2, 0.25) is 0 Å². The standard InChI is InChI=1S/C12H18FN3O/c1-8-11(13)12(16-7-15-8)14-5-9-3-2-4-10(9)6-17/h7,9-10,17H,2-6H2,1H3,(H,14,15,16). The molecule has 5 heteroatoms. The summed E-state index contributed by atoms with van der Waals surface area (Å²) in [5.41, 5.74) is 0.354. The maximum absolute atomic E-state index is 13.6. The molecule has 0 bridgehead atoms. The minimum absolute atomic E-state index is 0.220. The van der Waals surface area contributed by atoms with Crippen LogP contribution in [0.2, 0.25) is 0 Å². The van der Waals surface area contributed by atoms with E-state index in [9.17, 15) is 9.50 Å². The minimum atomic E-state index is -0.383. The molecule has 2 atom stereocenters. The molecule has 1 aliphatic rings. The highest BCUT2D eigenvalue weighted by Gasteiger charge is 2.26.